The maximum atomic E-state index is 11.3. The van der Waals surface area contributed by atoms with Crippen molar-refractivity contribution in [2.45, 2.75) is 18.9 Å². The number of benzene rings is 1. The number of nitrogens with zero attached hydrogens (tertiary/aromatic N) is 2. The van der Waals surface area contributed by atoms with Gasteiger partial charge in [-0.25, -0.2) is 0 Å². The molecule has 1 saturated carbocycles. The Labute approximate surface area is 135 Å². The Hall–Kier alpha value is -1.59. The molecule has 0 amide bonds. The summed E-state index contributed by atoms with van der Waals surface area (Å²) in [5.74, 6) is 0.671. The van der Waals surface area contributed by atoms with Crippen LogP contribution in [0, 0.1) is 5.41 Å². The van der Waals surface area contributed by atoms with E-state index in [1.165, 1.54) is 0 Å². The number of carbonyl (C=O) groups is 1. The average Bonchev–Trinajstić information content (AvgIpc) is 2.39. The van der Waals surface area contributed by atoms with Gasteiger partial charge in [-0.05, 0) is 25.0 Å². The molecule has 5 nitrogen and oxygen atoms in total. The van der Waals surface area contributed by atoms with E-state index in [0.29, 0.717) is 27.3 Å². The lowest BCUT2D eigenvalue weighted by Crippen LogP contribution is -2.62. The molecule has 1 aromatic rings. The molecule has 1 N–H and O–H groups in total. The molecule has 2 fully saturated rings. The van der Waals surface area contributed by atoms with Gasteiger partial charge in [-0.2, -0.15) is 5.10 Å². The molecule has 1 aromatic carbocycles. The number of hydrogen-bond donors (Lipinski definition) is 1. The Balaban J connectivity index is 1.81. The third-order valence-electron chi connectivity index (χ3n) is 4.34. The lowest BCUT2D eigenvalue weighted by Gasteiger charge is -2.53. The number of nitrogens with one attached hydrogen (secondary N) is 1. The van der Waals surface area contributed by atoms with E-state index in [4.69, 9.17) is 16.3 Å². The fraction of sp³-hybridized carbons (Fsp3) is 0.500. The first-order valence-electron chi connectivity index (χ1n) is 7.39. The fourth-order valence-corrected chi connectivity index (χ4v) is 3.26. The minimum absolute atomic E-state index is 0.203. The highest BCUT2D eigenvalue weighted by Gasteiger charge is 2.49. The van der Waals surface area contributed by atoms with E-state index in [9.17, 15) is 4.79 Å². The molecule has 118 valence electrons. The van der Waals surface area contributed by atoms with Crippen LogP contribution in [0.3, 0.4) is 0 Å². The summed E-state index contributed by atoms with van der Waals surface area (Å²) >= 11 is 6.11. The summed E-state index contributed by atoms with van der Waals surface area (Å²) in [6.07, 6.45) is 4.70. The van der Waals surface area contributed by atoms with Gasteiger partial charge in [0.15, 0.2) is 6.29 Å². The number of hydrogen-bond acceptors (Lipinski definition) is 5. The highest BCUT2D eigenvalue weighted by molar-refractivity contribution is 6.33. The maximum absolute atomic E-state index is 11.3. The van der Waals surface area contributed by atoms with Crippen LogP contribution < -0.4 is 10.1 Å². The molecule has 0 radical (unpaired) electrons. The Kier molecular flexibility index (Phi) is 4.10. The lowest BCUT2D eigenvalue weighted by atomic mass is 9.63. The molecule has 1 aliphatic heterocycles. The van der Waals surface area contributed by atoms with Crippen LogP contribution in [0.4, 0.5) is 0 Å². The zero-order chi connectivity index (χ0) is 15.7. The van der Waals surface area contributed by atoms with Gasteiger partial charge in [0.25, 0.3) is 0 Å². The first kappa shape index (κ1) is 15.3. The highest BCUT2D eigenvalue weighted by atomic mass is 35.5. The first-order valence-corrected chi connectivity index (χ1v) is 7.77. The van der Waals surface area contributed by atoms with Crippen molar-refractivity contribution in [3.8, 4) is 5.75 Å². The Morgan fingerprint density at radius 2 is 2.09 bits per heavy atom. The van der Waals surface area contributed by atoms with Crippen molar-refractivity contribution in [1.82, 2.24) is 10.3 Å². The number of hydrazone groups is 1. The summed E-state index contributed by atoms with van der Waals surface area (Å²) < 4.78 is 6.09. The molecular weight excluding hydrogens is 302 g/mol. The van der Waals surface area contributed by atoms with E-state index < -0.39 is 0 Å². The van der Waals surface area contributed by atoms with E-state index in [2.05, 4.69) is 10.4 Å². The minimum atomic E-state index is 0.203. The van der Waals surface area contributed by atoms with Crippen LogP contribution in [0.2, 0.25) is 5.02 Å². The van der Waals surface area contributed by atoms with Gasteiger partial charge in [0.1, 0.15) is 5.75 Å². The fourth-order valence-electron chi connectivity index (χ4n) is 3.05. The molecule has 0 bridgehead atoms. The van der Waals surface area contributed by atoms with E-state index in [0.717, 1.165) is 32.2 Å². The largest absolute Gasteiger partial charge is 0.490 e. The monoisotopic (exact) mass is 321 g/mol. The third-order valence-corrected chi connectivity index (χ3v) is 4.67. The number of halogens is 1. The molecule has 0 atom stereocenters. The number of carbonyl (C=O) groups excluding carboxylic acids is 1. The highest BCUT2D eigenvalue weighted by Crippen LogP contribution is 2.46. The summed E-state index contributed by atoms with van der Waals surface area (Å²) in [6, 6.07) is 3.52. The summed E-state index contributed by atoms with van der Waals surface area (Å²) in [5, 5.41) is 9.60. The van der Waals surface area contributed by atoms with Crippen molar-refractivity contribution in [2.75, 3.05) is 27.2 Å². The van der Waals surface area contributed by atoms with Gasteiger partial charge in [0.05, 0.1) is 17.3 Å². The summed E-state index contributed by atoms with van der Waals surface area (Å²) in [6.45, 7) is 2.17. The molecule has 1 aliphatic carbocycles. The maximum Gasteiger partial charge on any atom is 0.152 e. The zero-order valence-electron chi connectivity index (χ0n) is 12.8. The van der Waals surface area contributed by atoms with Crippen LogP contribution in [-0.2, 0) is 0 Å². The van der Waals surface area contributed by atoms with Crippen LogP contribution in [0.25, 0.3) is 0 Å². The van der Waals surface area contributed by atoms with E-state index in [-0.39, 0.29) is 6.10 Å². The second-order valence-corrected chi connectivity index (χ2v) is 6.74. The van der Waals surface area contributed by atoms with Crippen LogP contribution in [0.15, 0.2) is 17.2 Å². The molecule has 2 aliphatic rings. The number of ether oxygens (including phenoxy) is 1. The van der Waals surface area contributed by atoms with E-state index in [1.54, 1.807) is 17.3 Å². The predicted molar refractivity (Wildman–Crippen MR) is 87.1 cm³/mol. The minimum Gasteiger partial charge on any atom is -0.490 e. The van der Waals surface area contributed by atoms with Gasteiger partial charge in [0, 0.05) is 43.7 Å². The SMILES string of the molecule is CN(C)/N=C\c1c(OC2CC3(CNC3)C2)ccc(Cl)c1C=O. The number of rotatable bonds is 5. The molecule has 3 rings (SSSR count). The third kappa shape index (κ3) is 2.83. The van der Waals surface area contributed by atoms with Crippen LogP contribution in [0.5, 0.6) is 5.75 Å². The molecule has 0 unspecified atom stereocenters. The molecule has 1 saturated heterocycles. The Morgan fingerprint density at radius 3 is 2.64 bits per heavy atom. The van der Waals surface area contributed by atoms with Crippen molar-refractivity contribution >= 4 is 24.1 Å². The van der Waals surface area contributed by atoms with Crippen molar-refractivity contribution < 1.29 is 9.53 Å². The smallest absolute Gasteiger partial charge is 0.152 e. The topological polar surface area (TPSA) is 53.9 Å². The van der Waals surface area contributed by atoms with Gasteiger partial charge in [-0.3, -0.25) is 4.79 Å². The van der Waals surface area contributed by atoms with Crippen LogP contribution in [-0.4, -0.2) is 50.8 Å². The van der Waals surface area contributed by atoms with Crippen molar-refractivity contribution in [3.05, 3.63) is 28.3 Å². The second kappa shape index (κ2) is 5.89. The Morgan fingerprint density at radius 1 is 1.36 bits per heavy atom. The van der Waals surface area contributed by atoms with Gasteiger partial charge in [-0.15, -0.1) is 0 Å². The van der Waals surface area contributed by atoms with Gasteiger partial charge in [0.2, 0.25) is 0 Å². The van der Waals surface area contributed by atoms with Crippen molar-refractivity contribution in [1.29, 1.82) is 0 Å². The molecular formula is C16H20ClN3O2. The van der Waals surface area contributed by atoms with E-state index >= 15 is 0 Å². The van der Waals surface area contributed by atoms with Crippen molar-refractivity contribution in [2.24, 2.45) is 10.5 Å². The van der Waals surface area contributed by atoms with Gasteiger partial charge < -0.3 is 15.1 Å². The van der Waals surface area contributed by atoms with Gasteiger partial charge >= 0.3 is 0 Å². The number of aldehydes is 1. The predicted octanol–water partition coefficient (Wildman–Crippen LogP) is 2.18. The second-order valence-electron chi connectivity index (χ2n) is 6.33. The first-order chi connectivity index (χ1) is 10.5. The standard InChI is InChI=1S/C16H20ClN3O2/c1-20(2)19-7-12-13(8-21)14(17)3-4-15(12)22-11-5-16(6-11)9-18-10-16/h3-4,7-8,11,18H,5-6,9-10H2,1-2H3/b19-7-. The molecule has 22 heavy (non-hydrogen) atoms. The summed E-state index contributed by atoms with van der Waals surface area (Å²) in [4.78, 5) is 11.3. The summed E-state index contributed by atoms with van der Waals surface area (Å²) in [7, 11) is 3.64. The van der Waals surface area contributed by atoms with E-state index in [1.807, 2.05) is 20.2 Å². The van der Waals surface area contributed by atoms with Gasteiger partial charge in [-0.1, -0.05) is 11.6 Å². The van der Waals surface area contributed by atoms with Crippen molar-refractivity contribution in [3.63, 3.8) is 0 Å². The quantitative estimate of drug-likeness (QED) is 0.513. The average molecular weight is 322 g/mol. The van der Waals surface area contributed by atoms with Crippen LogP contribution >= 0.6 is 11.6 Å². The molecule has 6 heteroatoms. The zero-order valence-corrected chi connectivity index (χ0v) is 13.6. The lowest BCUT2D eigenvalue weighted by molar-refractivity contribution is -0.0495. The Bertz CT molecular complexity index is 604. The molecule has 0 aromatic heterocycles. The summed E-state index contributed by atoms with van der Waals surface area (Å²) in [5.41, 5.74) is 1.51. The normalized spacial score (nSPS) is 19.8. The van der Waals surface area contributed by atoms with Crippen LogP contribution in [0.1, 0.15) is 28.8 Å². The molecule has 1 spiro atoms. The molecule has 1 heterocycles.